The standard InChI is InChI=1S/C19H32N2/c1-6-15(4)19-11-20-18(7-2)13-21(19)12-17-10-14(3)8-9-16(17)5/h8-10,15,18-20H,6-7,11-13H2,1-5H3. The van der Waals surface area contributed by atoms with Gasteiger partial charge in [-0.3, -0.25) is 4.90 Å². The Labute approximate surface area is 130 Å². The molecule has 1 aromatic carbocycles. The number of nitrogens with zero attached hydrogens (tertiary/aromatic N) is 1. The second-order valence-electron chi connectivity index (χ2n) is 6.83. The molecule has 0 aromatic heterocycles. The molecule has 2 nitrogen and oxygen atoms in total. The summed E-state index contributed by atoms with van der Waals surface area (Å²) in [5.74, 6) is 0.750. The molecule has 0 spiro atoms. The van der Waals surface area contributed by atoms with E-state index in [0.29, 0.717) is 12.1 Å². The number of nitrogens with one attached hydrogen (secondary N) is 1. The Balaban J connectivity index is 2.17. The van der Waals surface area contributed by atoms with Crippen LogP contribution in [0.1, 0.15) is 50.3 Å². The van der Waals surface area contributed by atoms with Crippen molar-refractivity contribution in [2.75, 3.05) is 13.1 Å². The van der Waals surface area contributed by atoms with Crippen LogP contribution < -0.4 is 5.32 Å². The minimum atomic E-state index is 0.649. The summed E-state index contributed by atoms with van der Waals surface area (Å²) >= 11 is 0. The van der Waals surface area contributed by atoms with Gasteiger partial charge in [-0.25, -0.2) is 0 Å². The average molecular weight is 288 g/mol. The third kappa shape index (κ3) is 4.08. The molecule has 1 aliphatic rings. The van der Waals surface area contributed by atoms with Crippen LogP contribution in [0.4, 0.5) is 0 Å². The van der Waals surface area contributed by atoms with Crippen molar-refractivity contribution in [3.05, 3.63) is 34.9 Å². The SMILES string of the molecule is CCC1CN(Cc2cc(C)ccc2C)C(C(C)CC)CN1. The van der Waals surface area contributed by atoms with Gasteiger partial charge >= 0.3 is 0 Å². The van der Waals surface area contributed by atoms with E-state index in [0.717, 1.165) is 19.0 Å². The van der Waals surface area contributed by atoms with E-state index in [9.17, 15) is 0 Å². The maximum Gasteiger partial charge on any atom is 0.0250 e. The molecule has 1 N–H and O–H groups in total. The highest BCUT2D eigenvalue weighted by Crippen LogP contribution is 2.23. The number of aryl methyl sites for hydroxylation is 2. The predicted molar refractivity (Wildman–Crippen MR) is 91.7 cm³/mol. The number of benzene rings is 1. The van der Waals surface area contributed by atoms with Gasteiger partial charge in [-0.2, -0.15) is 0 Å². The van der Waals surface area contributed by atoms with E-state index in [1.165, 1.54) is 36.1 Å². The molecular weight excluding hydrogens is 256 g/mol. The topological polar surface area (TPSA) is 15.3 Å². The molecule has 1 saturated heterocycles. The van der Waals surface area contributed by atoms with Gasteiger partial charge in [0.1, 0.15) is 0 Å². The van der Waals surface area contributed by atoms with Crippen molar-refractivity contribution >= 4 is 0 Å². The van der Waals surface area contributed by atoms with Crippen LogP contribution in [0.2, 0.25) is 0 Å². The van der Waals surface area contributed by atoms with Gasteiger partial charge in [0.05, 0.1) is 0 Å². The van der Waals surface area contributed by atoms with Crippen molar-refractivity contribution in [1.82, 2.24) is 10.2 Å². The Kier molecular flexibility index (Phi) is 5.83. The highest BCUT2D eigenvalue weighted by atomic mass is 15.2. The molecule has 2 rings (SSSR count). The van der Waals surface area contributed by atoms with Gasteiger partial charge in [0.25, 0.3) is 0 Å². The first kappa shape index (κ1) is 16.5. The van der Waals surface area contributed by atoms with Crippen LogP contribution in [0.25, 0.3) is 0 Å². The quantitative estimate of drug-likeness (QED) is 0.884. The lowest BCUT2D eigenvalue weighted by molar-refractivity contribution is 0.0831. The Morgan fingerprint density at radius 1 is 1.29 bits per heavy atom. The van der Waals surface area contributed by atoms with E-state index in [-0.39, 0.29) is 0 Å². The maximum atomic E-state index is 3.73. The second-order valence-corrected chi connectivity index (χ2v) is 6.83. The van der Waals surface area contributed by atoms with Crippen LogP contribution in [-0.2, 0) is 6.54 Å². The minimum Gasteiger partial charge on any atom is -0.311 e. The zero-order chi connectivity index (χ0) is 15.4. The molecule has 3 atom stereocenters. The minimum absolute atomic E-state index is 0.649. The molecule has 0 radical (unpaired) electrons. The fourth-order valence-electron chi connectivity index (χ4n) is 3.38. The van der Waals surface area contributed by atoms with Crippen LogP contribution in [0.5, 0.6) is 0 Å². The van der Waals surface area contributed by atoms with Crippen LogP contribution in [-0.4, -0.2) is 30.1 Å². The first-order chi connectivity index (χ1) is 10.0. The third-order valence-corrected chi connectivity index (χ3v) is 5.21. The molecule has 0 bridgehead atoms. The van der Waals surface area contributed by atoms with E-state index in [2.05, 4.69) is 63.0 Å². The third-order valence-electron chi connectivity index (χ3n) is 5.21. The van der Waals surface area contributed by atoms with Gasteiger partial charge in [-0.15, -0.1) is 0 Å². The van der Waals surface area contributed by atoms with Crippen molar-refractivity contribution in [2.24, 2.45) is 5.92 Å². The summed E-state index contributed by atoms with van der Waals surface area (Å²) in [6.45, 7) is 14.9. The highest BCUT2D eigenvalue weighted by Gasteiger charge is 2.30. The zero-order valence-electron chi connectivity index (χ0n) is 14.4. The Bertz CT molecular complexity index is 455. The Hall–Kier alpha value is -0.860. The van der Waals surface area contributed by atoms with Gasteiger partial charge < -0.3 is 5.32 Å². The van der Waals surface area contributed by atoms with Crippen LogP contribution in [0.3, 0.4) is 0 Å². The van der Waals surface area contributed by atoms with E-state index in [4.69, 9.17) is 0 Å². The lowest BCUT2D eigenvalue weighted by Gasteiger charge is -2.43. The summed E-state index contributed by atoms with van der Waals surface area (Å²) in [5, 5.41) is 3.73. The van der Waals surface area contributed by atoms with Crippen molar-refractivity contribution in [2.45, 2.75) is 66.1 Å². The van der Waals surface area contributed by atoms with Gasteiger partial charge in [0.15, 0.2) is 0 Å². The average Bonchev–Trinajstić information content (AvgIpc) is 2.50. The number of hydrogen-bond acceptors (Lipinski definition) is 2. The van der Waals surface area contributed by atoms with Crippen molar-refractivity contribution in [3.8, 4) is 0 Å². The molecule has 0 aliphatic carbocycles. The first-order valence-electron chi connectivity index (χ1n) is 8.58. The molecule has 3 unspecified atom stereocenters. The van der Waals surface area contributed by atoms with Crippen LogP contribution in [0.15, 0.2) is 18.2 Å². The molecule has 118 valence electrons. The molecule has 2 heteroatoms. The van der Waals surface area contributed by atoms with Gasteiger partial charge in [0.2, 0.25) is 0 Å². The molecule has 1 aromatic rings. The summed E-state index contributed by atoms with van der Waals surface area (Å²) in [6.07, 6.45) is 2.48. The van der Waals surface area contributed by atoms with Crippen LogP contribution >= 0.6 is 0 Å². The Morgan fingerprint density at radius 2 is 2.05 bits per heavy atom. The summed E-state index contributed by atoms with van der Waals surface area (Å²) in [6, 6.07) is 8.17. The fraction of sp³-hybridized carbons (Fsp3) is 0.684. The maximum absolute atomic E-state index is 3.73. The number of rotatable bonds is 5. The number of piperazine rings is 1. The number of hydrogen-bond donors (Lipinski definition) is 1. The molecule has 1 heterocycles. The molecule has 0 amide bonds. The molecule has 1 aliphatic heterocycles. The second kappa shape index (κ2) is 7.42. The van der Waals surface area contributed by atoms with E-state index < -0.39 is 0 Å². The molecule has 0 saturated carbocycles. The van der Waals surface area contributed by atoms with Crippen molar-refractivity contribution in [3.63, 3.8) is 0 Å². The molecule has 21 heavy (non-hydrogen) atoms. The van der Waals surface area contributed by atoms with E-state index in [1.807, 2.05) is 0 Å². The fourth-order valence-corrected chi connectivity index (χ4v) is 3.38. The first-order valence-corrected chi connectivity index (χ1v) is 8.58. The molecule has 1 fully saturated rings. The highest BCUT2D eigenvalue weighted by molar-refractivity contribution is 5.30. The molecular formula is C19H32N2. The summed E-state index contributed by atoms with van der Waals surface area (Å²) in [7, 11) is 0. The Morgan fingerprint density at radius 3 is 2.71 bits per heavy atom. The van der Waals surface area contributed by atoms with Gasteiger partial charge in [-0.1, -0.05) is 51.0 Å². The summed E-state index contributed by atoms with van der Waals surface area (Å²) in [4.78, 5) is 2.72. The zero-order valence-corrected chi connectivity index (χ0v) is 14.4. The predicted octanol–water partition coefficient (Wildman–Crippen LogP) is 3.90. The van der Waals surface area contributed by atoms with Crippen molar-refractivity contribution in [1.29, 1.82) is 0 Å². The lowest BCUT2D eigenvalue weighted by Crippen LogP contribution is -2.57. The van der Waals surface area contributed by atoms with Gasteiger partial charge in [-0.05, 0) is 37.3 Å². The van der Waals surface area contributed by atoms with E-state index in [1.54, 1.807) is 0 Å². The van der Waals surface area contributed by atoms with Crippen LogP contribution in [0, 0.1) is 19.8 Å². The lowest BCUT2D eigenvalue weighted by atomic mass is 9.93. The van der Waals surface area contributed by atoms with Gasteiger partial charge in [0, 0.05) is 31.7 Å². The monoisotopic (exact) mass is 288 g/mol. The summed E-state index contributed by atoms with van der Waals surface area (Å²) < 4.78 is 0. The smallest absolute Gasteiger partial charge is 0.0250 e. The largest absolute Gasteiger partial charge is 0.311 e. The summed E-state index contributed by atoms with van der Waals surface area (Å²) in [5.41, 5.74) is 4.30. The normalized spacial score (nSPS) is 25.0. The van der Waals surface area contributed by atoms with Crippen molar-refractivity contribution < 1.29 is 0 Å². The van der Waals surface area contributed by atoms with E-state index >= 15 is 0 Å².